The van der Waals surface area contributed by atoms with Crippen LogP contribution in [-0.4, -0.2) is 46.4 Å². The van der Waals surface area contributed by atoms with Gasteiger partial charge in [-0.2, -0.15) is 0 Å². The van der Waals surface area contributed by atoms with Crippen LogP contribution in [0, 0.1) is 0 Å². The predicted octanol–water partition coefficient (Wildman–Crippen LogP) is 1.79. The van der Waals surface area contributed by atoms with Crippen molar-refractivity contribution in [2.45, 2.75) is 19.8 Å². The van der Waals surface area contributed by atoms with Crippen molar-refractivity contribution in [2.24, 2.45) is 0 Å². The second-order valence-electron chi connectivity index (χ2n) is 4.66. The zero-order chi connectivity index (χ0) is 17.2. The van der Waals surface area contributed by atoms with Crippen LogP contribution in [0.25, 0.3) is 0 Å². The van der Waals surface area contributed by atoms with Crippen molar-refractivity contribution in [2.75, 3.05) is 34.5 Å². The number of amides is 1. The topological polar surface area (TPSA) is 83.1 Å². The molecule has 0 fully saturated rings. The van der Waals surface area contributed by atoms with Crippen molar-refractivity contribution in [1.29, 1.82) is 0 Å². The molecule has 128 valence electrons. The molecule has 7 nitrogen and oxygen atoms in total. The van der Waals surface area contributed by atoms with Gasteiger partial charge in [0.2, 0.25) is 5.75 Å². The summed E-state index contributed by atoms with van der Waals surface area (Å²) in [6.45, 7) is 2.24. The Morgan fingerprint density at radius 3 is 2.30 bits per heavy atom. The third-order valence-corrected chi connectivity index (χ3v) is 3.11. The van der Waals surface area contributed by atoms with Crippen LogP contribution >= 0.6 is 0 Å². The van der Waals surface area contributed by atoms with E-state index >= 15 is 0 Å². The third kappa shape index (κ3) is 5.05. The maximum absolute atomic E-state index is 12.1. The number of unbranched alkanes of at least 4 members (excludes halogenated alkanes) is 1. The molecule has 1 rings (SSSR count). The van der Waals surface area contributed by atoms with Crippen LogP contribution in [-0.2, 0) is 9.53 Å². The van der Waals surface area contributed by atoms with Crippen molar-refractivity contribution >= 4 is 11.9 Å². The summed E-state index contributed by atoms with van der Waals surface area (Å²) in [6, 6.07) is 3.07. The molecular weight excluding hydrogens is 302 g/mol. The summed E-state index contributed by atoms with van der Waals surface area (Å²) in [5.74, 6) is -0.0991. The number of nitrogens with one attached hydrogen (secondary N) is 1. The highest BCUT2D eigenvalue weighted by Crippen LogP contribution is 2.39. The Labute approximate surface area is 135 Å². The monoisotopic (exact) mass is 325 g/mol. The summed E-state index contributed by atoms with van der Waals surface area (Å²) in [7, 11) is 4.33. The number of esters is 1. The number of ether oxygens (including phenoxy) is 4. The van der Waals surface area contributed by atoms with Gasteiger partial charge in [0, 0.05) is 6.54 Å². The standard InChI is InChI=1S/C16H23NO6/c1-5-6-9-17-13(18)10-23-16(19)11-7-8-12(20-2)15(22-4)14(11)21-3/h7-8H,5-6,9-10H2,1-4H3,(H,17,18). The lowest BCUT2D eigenvalue weighted by atomic mass is 10.1. The fraction of sp³-hybridized carbons (Fsp3) is 0.500. The molecule has 1 aromatic rings. The van der Waals surface area contributed by atoms with Gasteiger partial charge in [-0.15, -0.1) is 0 Å². The van der Waals surface area contributed by atoms with Crippen LogP contribution in [0.5, 0.6) is 17.2 Å². The molecule has 0 aromatic heterocycles. The first kappa shape index (κ1) is 18.6. The second kappa shape index (κ2) is 9.55. The summed E-state index contributed by atoms with van der Waals surface area (Å²) in [5.41, 5.74) is 0.159. The molecule has 0 unspecified atom stereocenters. The SMILES string of the molecule is CCCCNC(=O)COC(=O)c1ccc(OC)c(OC)c1OC. The first-order valence-corrected chi connectivity index (χ1v) is 7.31. The Bertz CT molecular complexity index is 544. The van der Waals surface area contributed by atoms with Gasteiger partial charge >= 0.3 is 5.97 Å². The van der Waals surface area contributed by atoms with Gasteiger partial charge in [-0.3, -0.25) is 4.79 Å². The number of benzene rings is 1. The number of hydrogen-bond acceptors (Lipinski definition) is 6. The molecule has 1 amide bonds. The van der Waals surface area contributed by atoms with Crippen LogP contribution in [0.1, 0.15) is 30.1 Å². The number of methoxy groups -OCH3 is 3. The van der Waals surface area contributed by atoms with Gasteiger partial charge < -0.3 is 24.3 Å². The largest absolute Gasteiger partial charge is 0.493 e. The van der Waals surface area contributed by atoms with Gasteiger partial charge in [0.15, 0.2) is 18.1 Å². The van der Waals surface area contributed by atoms with Crippen molar-refractivity contribution in [3.63, 3.8) is 0 Å². The maximum atomic E-state index is 12.1. The van der Waals surface area contributed by atoms with Crippen LogP contribution < -0.4 is 19.5 Å². The summed E-state index contributed by atoms with van der Waals surface area (Å²) < 4.78 is 20.6. The summed E-state index contributed by atoms with van der Waals surface area (Å²) in [5, 5.41) is 2.67. The molecule has 0 saturated carbocycles. The highest BCUT2D eigenvalue weighted by atomic mass is 16.5. The minimum Gasteiger partial charge on any atom is -0.493 e. The van der Waals surface area contributed by atoms with Crippen molar-refractivity contribution in [3.8, 4) is 17.2 Å². The molecule has 1 aromatic carbocycles. The van der Waals surface area contributed by atoms with Crippen LogP contribution in [0.3, 0.4) is 0 Å². The Morgan fingerprint density at radius 2 is 1.74 bits per heavy atom. The molecule has 0 aliphatic heterocycles. The van der Waals surface area contributed by atoms with E-state index in [2.05, 4.69) is 5.32 Å². The minimum atomic E-state index is -0.673. The smallest absolute Gasteiger partial charge is 0.342 e. The molecule has 0 aliphatic rings. The van der Waals surface area contributed by atoms with Gasteiger partial charge in [-0.1, -0.05) is 13.3 Å². The van der Waals surface area contributed by atoms with Crippen LogP contribution in [0.2, 0.25) is 0 Å². The minimum absolute atomic E-state index is 0.159. The first-order valence-electron chi connectivity index (χ1n) is 7.31. The molecule has 1 N–H and O–H groups in total. The van der Waals surface area contributed by atoms with E-state index in [1.807, 2.05) is 6.92 Å². The van der Waals surface area contributed by atoms with Crippen molar-refractivity contribution in [1.82, 2.24) is 5.32 Å². The summed E-state index contributed by atoms with van der Waals surface area (Å²) in [6.07, 6.45) is 1.85. The summed E-state index contributed by atoms with van der Waals surface area (Å²) >= 11 is 0. The Kier molecular flexibility index (Phi) is 7.73. The molecule has 0 atom stereocenters. The fourth-order valence-electron chi connectivity index (χ4n) is 1.93. The lowest BCUT2D eigenvalue weighted by Crippen LogP contribution is -2.29. The highest BCUT2D eigenvalue weighted by molar-refractivity contribution is 5.95. The molecule has 23 heavy (non-hydrogen) atoms. The van der Waals surface area contributed by atoms with Crippen molar-refractivity contribution < 1.29 is 28.5 Å². The number of rotatable bonds is 9. The second-order valence-corrected chi connectivity index (χ2v) is 4.66. The third-order valence-electron chi connectivity index (χ3n) is 3.11. The Morgan fingerprint density at radius 1 is 1.04 bits per heavy atom. The van der Waals surface area contributed by atoms with Crippen molar-refractivity contribution in [3.05, 3.63) is 17.7 Å². The first-order chi connectivity index (χ1) is 11.1. The molecule has 7 heteroatoms. The molecule has 0 saturated heterocycles. The van der Waals surface area contributed by atoms with Gasteiger partial charge in [0.05, 0.1) is 21.3 Å². The molecule has 0 heterocycles. The van der Waals surface area contributed by atoms with Gasteiger partial charge in [0.1, 0.15) is 5.56 Å². The zero-order valence-electron chi connectivity index (χ0n) is 13.9. The van der Waals surface area contributed by atoms with E-state index in [-0.39, 0.29) is 29.6 Å². The lowest BCUT2D eigenvalue weighted by molar-refractivity contribution is -0.124. The van der Waals surface area contributed by atoms with E-state index in [0.717, 1.165) is 12.8 Å². The van der Waals surface area contributed by atoms with E-state index in [1.54, 1.807) is 6.07 Å². The van der Waals surface area contributed by atoms with E-state index in [4.69, 9.17) is 18.9 Å². The zero-order valence-corrected chi connectivity index (χ0v) is 13.9. The average Bonchev–Trinajstić information content (AvgIpc) is 2.58. The maximum Gasteiger partial charge on any atom is 0.342 e. The number of carbonyl (C=O) groups excluding carboxylic acids is 2. The molecule has 0 aliphatic carbocycles. The molecule has 0 radical (unpaired) electrons. The van der Waals surface area contributed by atoms with E-state index in [9.17, 15) is 9.59 Å². The summed E-state index contributed by atoms with van der Waals surface area (Å²) in [4.78, 5) is 23.7. The quantitative estimate of drug-likeness (QED) is 0.550. The Hall–Kier alpha value is -2.44. The molecule has 0 spiro atoms. The lowest BCUT2D eigenvalue weighted by Gasteiger charge is -2.15. The van der Waals surface area contributed by atoms with Gasteiger partial charge in [-0.05, 0) is 18.6 Å². The number of carbonyl (C=O) groups is 2. The van der Waals surface area contributed by atoms with Gasteiger partial charge in [0.25, 0.3) is 5.91 Å². The van der Waals surface area contributed by atoms with E-state index in [0.29, 0.717) is 12.3 Å². The average molecular weight is 325 g/mol. The predicted molar refractivity (Wildman–Crippen MR) is 84.3 cm³/mol. The fourth-order valence-corrected chi connectivity index (χ4v) is 1.93. The normalized spacial score (nSPS) is 9.91. The number of hydrogen-bond donors (Lipinski definition) is 1. The van der Waals surface area contributed by atoms with E-state index in [1.165, 1.54) is 27.4 Å². The van der Waals surface area contributed by atoms with Crippen LogP contribution in [0.15, 0.2) is 12.1 Å². The van der Waals surface area contributed by atoms with Crippen LogP contribution in [0.4, 0.5) is 0 Å². The molecular formula is C16H23NO6. The van der Waals surface area contributed by atoms with Gasteiger partial charge in [-0.25, -0.2) is 4.79 Å². The molecule has 0 bridgehead atoms. The Balaban J connectivity index is 2.78. The van der Waals surface area contributed by atoms with E-state index < -0.39 is 5.97 Å². The highest BCUT2D eigenvalue weighted by Gasteiger charge is 2.22.